The van der Waals surface area contributed by atoms with Crippen LogP contribution in [-0.2, 0) is 16.6 Å². The highest BCUT2D eigenvalue weighted by atomic mass is 16.6. The zero-order valence-electron chi connectivity index (χ0n) is 19.1. The van der Waals surface area contributed by atoms with Gasteiger partial charge in [-0.2, -0.15) is 0 Å². The molecule has 0 unspecified atom stereocenters. The highest BCUT2D eigenvalue weighted by Gasteiger charge is 2.29. The molecule has 10 heteroatoms. The number of aryl methyl sites for hydroxylation is 1. The van der Waals surface area contributed by atoms with Gasteiger partial charge in [0.05, 0.1) is 26.3 Å². The molecular weight excluding hydrogens is 416 g/mol. The lowest BCUT2D eigenvalue weighted by Crippen LogP contribution is -2.55. The van der Waals surface area contributed by atoms with Crippen LogP contribution >= 0.6 is 0 Å². The van der Waals surface area contributed by atoms with Crippen molar-refractivity contribution >= 4 is 28.8 Å². The monoisotopic (exact) mass is 446 g/mol. The number of piperazine rings is 1. The molecule has 3 amide bonds. The van der Waals surface area contributed by atoms with Crippen molar-refractivity contribution in [3.05, 3.63) is 23.9 Å². The van der Waals surface area contributed by atoms with Gasteiger partial charge < -0.3 is 33.9 Å². The average Bonchev–Trinajstić information content (AvgIpc) is 3.14. The van der Waals surface area contributed by atoms with Gasteiger partial charge in [-0.3, -0.25) is 9.59 Å². The molecule has 10 nitrogen and oxygen atoms in total. The van der Waals surface area contributed by atoms with Crippen molar-refractivity contribution in [3.8, 4) is 11.5 Å². The van der Waals surface area contributed by atoms with Crippen LogP contribution < -0.4 is 14.8 Å². The van der Waals surface area contributed by atoms with Crippen LogP contribution in [0.1, 0.15) is 24.3 Å². The zero-order chi connectivity index (χ0) is 23.4. The molecule has 0 saturated carbocycles. The van der Waals surface area contributed by atoms with E-state index in [2.05, 4.69) is 5.32 Å². The molecule has 0 aliphatic carbocycles. The van der Waals surface area contributed by atoms with Gasteiger partial charge in [0.25, 0.3) is 5.91 Å². The molecule has 32 heavy (non-hydrogen) atoms. The topological polar surface area (TPSA) is 102 Å². The van der Waals surface area contributed by atoms with E-state index in [1.165, 1.54) is 0 Å². The molecule has 1 atom stereocenters. The van der Waals surface area contributed by atoms with E-state index < -0.39 is 6.04 Å². The minimum atomic E-state index is -0.717. The molecule has 0 bridgehead atoms. The molecule has 2 heterocycles. The number of fused-ring (bicyclic) bond motifs is 1. The fraction of sp³-hybridized carbons (Fsp3) is 0.500. The maximum absolute atomic E-state index is 13.0. The number of ether oxygens (including phenoxy) is 3. The minimum Gasteiger partial charge on any atom is -0.497 e. The summed E-state index contributed by atoms with van der Waals surface area (Å²) in [6, 6.07) is 4.60. The maximum atomic E-state index is 13.0. The summed E-state index contributed by atoms with van der Waals surface area (Å²) in [5.41, 5.74) is 1.18. The molecule has 1 aromatic carbocycles. The van der Waals surface area contributed by atoms with Gasteiger partial charge in [-0.1, -0.05) is 0 Å². The lowest BCUT2D eigenvalue weighted by molar-refractivity contribution is -0.134. The largest absolute Gasteiger partial charge is 0.497 e. The molecule has 1 saturated heterocycles. The number of hydrogen-bond acceptors (Lipinski definition) is 6. The van der Waals surface area contributed by atoms with Gasteiger partial charge >= 0.3 is 6.09 Å². The number of methoxy groups -OCH3 is 2. The van der Waals surface area contributed by atoms with E-state index in [1.807, 2.05) is 6.07 Å². The first-order valence-corrected chi connectivity index (χ1v) is 10.5. The Bertz CT molecular complexity index is 1010. The minimum absolute atomic E-state index is 0.195. The molecule has 1 aromatic heterocycles. The zero-order valence-corrected chi connectivity index (χ0v) is 19.1. The van der Waals surface area contributed by atoms with E-state index in [4.69, 9.17) is 14.2 Å². The lowest BCUT2D eigenvalue weighted by atomic mass is 10.2. The predicted octanol–water partition coefficient (Wildman–Crippen LogP) is 1.61. The molecule has 1 aliphatic rings. The Morgan fingerprint density at radius 2 is 1.69 bits per heavy atom. The van der Waals surface area contributed by atoms with Crippen LogP contribution in [0.3, 0.4) is 0 Å². The average molecular weight is 447 g/mol. The Hall–Kier alpha value is -3.43. The van der Waals surface area contributed by atoms with E-state index in [0.717, 1.165) is 10.9 Å². The van der Waals surface area contributed by atoms with Gasteiger partial charge in [0.15, 0.2) is 0 Å². The van der Waals surface area contributed by atoms with Crippen molar-refractivity contribution in [2.24, 2.45) is 7.05 Å². The van der Waals surface area contributed by atoms with Crippen molar-refractivity contribution < 1.29 is 28.6 Å². The second kappa shape index (κ2) is 9.80. The Morgan fingerprint density at radius 1 is 1.03 bits per heavy atom. The molecular formula is C22H30N4O6. The van der Waals surface area contributed by atoms with Crippen LogP contribution in [0.4, 0.5) is 4.79 Å². The summed E-state index contributed by atoms with van der Waals surface area (Å²) >= 11 is 0. The fourth-order valence-electron chi connectivity index (χ4n) is 3.81. The fourth-order valence-corrected chi connectivity index (χ4v) is 3.81. The first-order chi connectivity index (χ1) is 15.3. The summed E-state index contributed by atoms with van der Waals surface area (Å²) < 4.78 is 17.5. The molecule has 1 aliphatic heterocycles. The number of rotatable bonds is 6. The van der Waals surface area contributed by atoms with Crippen molar-refractivity contribution in [1.82, 2.24) is 19.7 Å². The maximum Gasteiger partial charge on any atom is 0.409 e. The number of nitrogens with one attached hydrogen (secondary N) is 1. The van der Waals surface area contributed by atoms with E-state index >= 15 is 0 Å². The van der Waals surface area contributed by atoms with E-state index in [9.17, 15) is 14.4 Å². The van der Waals surface area contributed by atoms with E-state index in [1.54, 1.807) is 61.6 Å². The highest BCUT2D eigenvalue weighted by Crippen LogP contribution is 2.33. The second-order valence-corrected chi connectivity index (χ2v) is 7.56. The van der Waals surface area contributed by atoms with Crippen LogP contribution in [0.15, 0.2) is 18.2 Å². The number of carbonyl (C=O) groups excluding carboxylic acids is 3. The lowest BCUT2D eigenvalue weighted by Gasteiger charge is -2.35. The Labute approximate surface area is 187 Å². The van der Waals surface area contributed by atoms with Gasteiger partial charge in [-0.25, -0.2) is 4.79 Å². The number of carbonyl (C=O) groups is 3. The summed E-state index contributed by atoms with van der Waals surface area (Å²) in [5, 5.41) is 3.56. The number of aromatic nitrogens is 1. The van der Waals surface area contributed by atoms with Crippen LogP contribution in [0, 0.1) is 0 Å². The van der Waals surface area contributed by atoms with Crippen molar-refractivity contribution in [2.45, 2.75) is 19.9 Å². The standard InChI is InChI=1S/C22H30N4O6/c1-6-32-22(29)26-9-7-25(8-10-26)21(28)14(2)23-20(27)18-13-16-17(24(18)3)11-15(30-4)12-19(16)31-5/h11-14H,6-10H2,1-5H3,(H,23,27)/t14-/m0/s1. The third kappa shape index (κ3) is 4.58. The van der Waals surface area contributed by atoms with Gasteiger partial charge in [0.2, 0.25) is 5.91 Å². The molecule has 3 rings (SSSR count). The number of amides is 3. The van der Waals surface area contributed by atoms with Gasteiger partial charge in [0.1, 0.15) is 23.2 Å². The first kappa shape index (κ1) is 23.2. The van der Waals surface area contributed by atoms with Crippen LogP contribution in [0.2, 0.25) is 0 Å². The molecule has 0 radical (unpaired) electrons. The highest BCUT2D eigenvalue weighted by molar-refractivity contribution is 6.02. The Balaban J connectivity index is 1.68. The van der Waals surface area contributed by atoms with E-state index in [-0.39, 0.29) is 17.9 Å². The number of nitrogens with zero attached hydrogens (tertiary/aromatic N) is 3. The summed E-state index contributed by atoms with van der Waals surface area (Å²) in [7, 11) is 4.90. The molecule has 2 aromatic rings. The SMILES string of the molecule is CCOC(=O)N1CCN(C(=O)[C@H](C)NC(=O)c2cc3c(OC)cc(OC)cc3n2C)CC1. The van der Waals surface area contributed by atoms with Crippen LogP contribution in [-0.4, -0.2) is 85.3 Å². The summed E-state index contributed by atoms with van der Waals surface area (Å²) in [6.07, 6.45) is -0.371. The molecule has 0 spiro atoms. The number of benzene rings is 1. The summed E-state index contributed by atoms with van der Waals surface area (Å²) in [6.45, 7) is 5.31. The van der Waals surface area contributed by atoms with Crippen molar-refractivity contribution in [1.29, 1.82) is 0 Å². The van der Waals surface area contributed by atoms with Gasteiger partial charge in [-0.15, -0.1) is 0 Å². The third-order valence-electron chi connectivity index (χ3n) is 5.62. The van der Waals surface area contributed by atoms with Gasteiger partial charge in [-0.05, 0) is 19.9 Å². The molecule has 1 N–H and O–H groups in total. The smallest absolute Gasteiger partial charge is 0.409 e. The Morgan fingerprint density at radius 3 is 2.28 bits per heavy atom. The summed E-state index contributed by atoms with van der Waals surface area (Å²) in [4.78, 5) is 40.9. The van der Waals surface area contributed by atoms with Crippen LogP contribution in [0.5, 0.6) is 11.5 Å². The molecule has 1 fully saturated rings. The second-order valence-electron chi connectivity index (χ2n) is 7.56. The van der Waals surface area contributed by atoms with Gasteiger partial charge in [0, 0.05) is 50.7 Å². The normalized spacial score (nSPS) is 14.8. The number of hydrogen-bond donors (Lipinski definition) is 1. The first-order valence-electron chi connectivity index (χ1n) is 10.5. The van der Waals surface area contributed by atoms with Crippen molar-refractivity contribution in [3.63, 3.8) is 0 Å². The van der Waals surface area contributed by atoms with Crippen LogP contribution in [0.25, 0.3) is 10.9 Å². The van der Waals surface area contributed by atoms with E-state index in [0.29, 0.717) is 50.0 Å². The summed E-state index contributed by atoms with van der Waals surface area (Å²) in [5.74, 6) is 0.654. The van der Waals surface area contributed by atoms with Crippen molar-refractivity contribution in [2.75, 3.05) is 47.0 Å². The molecule has 174 valence electrons. The predicted molar refractivity (Wildman–Crippen MR) is 118 cm³/mol. The quantitative estimate of drug-likeness (QED) is 0.723. The Kier molecular flexibility index (Phi) is 7.12. The third-order valence-corrected chi connectivity index (χ3v) is 5.62.